The molecule has 0 radical (unpaired) electrons. The lowest BCUT2D eigenvalue weighted by atomic mass is 9.85. The normalized spacial score (nSPS) is 19.4. The van der Waals surface area contributed by atoms with Crippen LogP contribution in [-0.2, 0) is 33.1 Å². The van der Waals surface area contributed by atoms with Gasteiger partial charge in [-0.3, -0.25) is 33.9 Å². The maximum Gasteiger partial charge on any atom is 0.278 e. The molecule has 0 aliphatic carbocycles. The zero-order valence-electron chi connectivity index (χ0n) is 45.4. The van der Waals surface area contributed by atoms with Crippen molar-refractivity contribution in [2.75, 3.05) is 75.7 Å². The maximum atomic E-state index is 14.2. The first-order chi connectivity index (χ1) is 37.3. The number of rotatable bonds is 18. The second-order valence-electron chi connectivity index (χ2n) is 22.8. The molecule has 3 atom stereocenters. The minimum Gasteiger partial charge on any atom is -0.391 e. The lowest BCUT2D eigenvalue weighted by Gasteiger charge is -2.55. The number of benzene rings is 2. The van der Waals surface area contributed by atoms with Crippen LogP contribution in [0.3, 0.4) is 0 Å². The molecule has 8 heterocycles. The quantitative estimate of drug-likeness (QED) is 0.0760. The third kappa shape index (κ3) is 11.8. The second kappa shape index (κ2) is 22.5. The number of fused-ring (bicyclic) bond motifs is 1. The number of amides is 3. The number of allylic oxidation sites excluding steroid dienone is 1. The van der Waals surface area contributed by atoms with Gasteiger partial charge >= 0.3 is 0 Å². The monoisotopic (exact) mass is 1080 g/mol. The highest BCUT2D eigenvalue weighted by molar-refractivity contribution is 7.13. The minimum absolute atomic E-state index is 0.0276. The number of carbonyl (C=O) groups excluding carboxylic acids is 3. The van der Waals surface area contributed by atoms with Gasteiger partial charge in [0.1, 0.15) is 23.1 Å². The third-order valence-electron chi connectivity index (χ3n) is 15.6. The number of aliphatic hydroxyl groups is 2. The van der Waals surface area contributed by atoms with Crippen molar-refractivity contribution in [3.8, 4) is 16.3 Å². The molecule has 10 rings (SSSR count). The second-order valence-corrected chi connectivity index (χ2v) is 23.6. The van der Waals surface area contributed by atoms with Crippen LogP contribution in [0.2, 0.25) is 0 Å². The molecule has 4 saturated heterocycles. The molecule has 4 aliphatic rings. The Morgan fingerprint density at radius 2 is 1.60 bits per heavy atom. The van der Waals surface area contributed by atoms with E-state index in [1.54, 1.807) is 54.1 Å². The summed E-state index contributed by atoms with van der Waals surface area (Å²) >= 11 is 1.58. The summed E-state index contributed by atoms with van der Waals surface area (Å²) in [6.45, 7) is 23.7. The van der Waals surface area contributed by atoms with Crippen molar-refractivity contribution in [3.63, 3.8) is 0 Å². The van der Waals surface area contributed by atoms with E-state index in [-0.39, 0.29) is 55.8 Å². The van der Waals surface area contributed by atoms with Crippen molar-refractivity contribution >= 4 is 57.4 Å². The molecule has 412 valence electrons. The summed E-state index contributed by atoms with van der Waals surface area (Å²) in [6, 6.07) is 20.8. The first-order valence-electron chi connectivity index (χ1n) is 27.0. The fourth-order valence-corrected chi connectivity index (χ4v) is 11.8. The molecule has 0 spiro atoms. The van der Waals surface area contributed by atoms with Gasteiger partial charge in [-0.1, -0.05) is 57.2 Å². The fourth-order valence-electron chi connectivity index (χ4n) is 11.0. The zero-order chi connectivity index (χ0) is 55.0. The molecule has 3 amide bonds. The van der Waals surface area contributed by atoms with Gasteiger partial charge in [-0.2, -0.15) is 4.98 Å². The van der Waals surface area contributed by atoms with Crippen LogP contribution in [0.1, 0.15) is 64.4 Å². The molecular weight excluding hydrogens is 1010 g/mol. The van der Waals surface area contributed by atoms with Crippen molar-refractivity contribution in [1.29, 1.82) is 0 Å². The SMILES string of the molecule is C=CCn1c(=O)c2cnc(Nc3ccc(N4CCN(C5CN(C6CN(CCC(=O)N[C@H](C(=O)N7C[C@H](O)C[C@H]7C(=O)NCc7ccc(-c8scnc8C)cc7)C(C)(C)C)C6)C5)CC4)cc3)nc2n1-c1cccc(C(C)(C)O)n1. The molecule has 0 bridgehead atoms. The Hall–Kier alpha value is -6.88. The smallest absolute Gasteiger partial charge is 0.278 e. The Bertz CT molecular complexity index is 3200. The van der Waals surface area contributed by atoms with Crippen LogP contribution in [0.5, 0.6) is 0 Å². The van der Waals surface area contributed by atoms with Gasteiger partial charge in [0.15, 0.2) is 11.5 Å². The summed E-state index contributed by atoms with van der Waals surface area (Å²) in [5, 5.41) is 31.0. The number of thiazole rings is 1. The van der Waals surface area contributed by atoms with Crippen LogP contribution >= 0.6 is 11.3 Å². The number of carbonyl (C=O) groups is 3. The number of piperazine rings is 1. The Balaban J connectivity index is 0.648. The lowest BCUT2D eigenvalue weighted by Crippen LogP contribution is -2.70. The van der Waals surface area contributed by atoms with Crippen LogP contribution in [0.25, 0.3) is 27.3 Å². The average Bonchev–Trinajstić information content (AvgIpc) is 4.22. The molecule has 4 aliphatic heterocycles. The molecule has 0 saturated carbocycles. The van der Waals surface area contributed by atoms with Crippen molar-refractivity contribution in [2.45, 2.75) is 103 Å². The van der Waals surface area contributed by atoms with E-state index < -0.39 is 29.2 Å². The highest BCUT2D eigenvalue weighted by Gasteiger charge is 2.45. The van der Waals surface area contributed by atoms with Crippen molar-refractivity contribution in [1.82, 2.24) is 59.5 Å². The Labute approximate surface area is 458 Å². The molecule has 20 nitrogen and oxygen atoms in total. The highest BCUT2D eigenvalue weighted by Crippen LogP contribution is 2.31. The number of hydrogen-bond acceptors (Lipinski definition) is 16. The third-order valence-corrected chi connectivity index (χ3v) is 16.6. The van der Waals surface area contributed by atoms with E-state index in [1.165, 1.54) is 15.8 Å². The molecular formula is C57H72N14O6S. The predicted octanol–water partition coefficient (Wildman–Crippen LogP) is 4.26. The standard InChI is InChI=1S/C57H72N14O6S/c1-8-21-70-53(75)44-29-59-55(64-51(44)71(70)47-11-9-10-46(62-47)57(6,7)77)61-39-16-18-40(19-17-39)66-23-25-67(26-24-66)42-32-68(33-42)41-30-65(31-41)22-20-48(73)63-50(56(3,4)5)54(76)69-34-43(72)27-45(69)52(74)58-28-37-12-14-38(15-13-37)49-36(2)60-35-78-49/h8-19,29,35,41-43,45,50,72,77H,1,20-28,30-34H2,2-7H3,(H,58,74)(H,63,73)(H,59,61,64)/t43-,45+,50-/m1/s1. The van der Waals surface area contributed by atoms with Crippen molar-refractivity contribution < 1.29 is 24.6 Å². The number of aryl methyl sites for hydroxylation is 1. The van der Waals surface area contributed by atoms with Gasteiger partial charge in [0.2, 0.25) is 23.7 Å². The first kappa shape index (κ1) is 54.5. The lowest BCUT2D eigenvalue weighted by molar-refractivity contribution is -0.144. The number of aromatic nitrogens is 6. The van der Waals surface area contributed by atoms with Crippen LogP contribution in [-0.4, -0.2) is 173 Å². The summed E-state index contributed by atoms with van der Waals surface area (Å²) in [4.78, 5) is 85.3. The number of β-amino-alcohol motifs (C(OH)–C–C–N with tert-alkyl or cyclic N) is 1. The summed E-state index contributed by atoms with van der Waals surface area (Å²) in [6.07, 6.45) is 2.71. The molecule has 5 N–H and O–H groups in total. The van der Waals surface area contributed by atoms with E-state index >= 15 is 0 Å². The zero-order valence-corrected chi connectivity index (χ0v) is 46.2. The van der Waals surface area contributed by atoms with Gasteiger partial charge in [0.25, 0.3) is 5.56 Å². The van der Waals surface area contributed by atoms with E-state index in [9.17, 15) is 29.4 Å². The number of anilines is 3. The largest absolute Gasteiger partial charge is 0.391 e. The molecule has 2 aromatic carbocycles. The maximum absolute atomic E-state index is 14.2. The Morgan fingerprint density at radius 3 is 2.27 bits per heavy atom. The molecule has 78 heavy (non-hydrogen) atoms. The van der Waals surface area contributed by atoms with E-state index in [1.807, 2.05) is 69.6 Å². The van der Waals surface area contributed by atoms with Crippen molar-refractivity contribution in [3.05, 3.63) is 118 Å². The number of likely N-dealkylation sites (tertiary alicyclic amines) is 3. The van der Waals surface area contributed by atoms with Crippen LogP contribution in [0, 0.1) is 12.3 Å². The summed E-state index contributed by atoms with van der Waals surface area (Å²) in [5.41, 5.74) is 5.49. The molecule has 6 aromatic rings. The van der Waals surface area contributed by atoms with E-state index in [0.29, 0.717) is 47.1 Å². The number of pyridine rings is 1. The fraction of sp³-hybridized carbons (Fsp3) is 0.474. The summed E-state index contributed by atoms with van der Waals surface area (Å²) in [5.74, 6) is -0.135. The van der Waals surface area contributed by atoms with Crippen molar-refractivity contribution in [2.24, 2.45) is 5.41 Å². The van der Waals surface area contributed by atoms with Crippen LogP contribution in [0.15, 0.2) is 95.9 Å². The van der Waals surface area contributed by atoms with Gasteiger partial charge < -0.3 is 36.0 Å². The topological polar surface area (TPSA) is 222 Å². The van der Waals surface area contributed by atoms with Gasteiger partial charge in [0, 0.05) is 114 Å². The first-order valence-corrected chi connectivity index (χ1v) is 27.9. The van der Waals surface area contributed by atoms with Gasteiger partial charge in [-0.05, 0) is 73.7 Å². The highest BCUT2D eigenvalue weighted by atomic mass is 32.1. The van der Waals surface area contributed by atoms with E-state index in [2.05, 4.69) is 69.2 Å². The summed E-state index contributed by atoms with van der Waals surface area (Å²) in [7, 11) is 0. The predicted molar refractivity (Wildman–Crippen MR) is 302 cm³/mol. The number of aliphatic hydroxyl groups excluding tert-OH is 1. The number of nitrogens with one attached hydrogen (secondary N) is 3. The van der Waals surface area contributed by atoms with Gasteiger partial charge in [-0.15, -0.1) is 17.9 Å². The molecule has 21 heteroatoms. The number of hydrogen-bond donors (Lipinski definition) is 5. The summed E-state index contributed by atoms with van der Waals surface area (Å²) < 4.78 is 3.15. The molecule has 4 aromatic heterocycles. The Morgan fingerprint density at radius 1 is 0.885 bits per heavy atom. The molecule has 0 unspecified atom stereocenters. The van der Waals surface area contributed by atoms with E-state index in [4.69, 9.17) is 4.98 Å². The molecule has 4 fully saturated rings. The van der Waals surface area contributed by atoms with Crippen LogP contribution < -0.4 is 26.4 Å². The van der Waals surface area contributed by atoms with E-state index in [0.717, 1.165) is 85.4 Å². The number of nitrogens with zero attached hydrogens (tertiary/aromatic N) is 11. The minimum atomic E-state index is -1.18. The van der Waals surface area contributed by atoms with Gasteiger partial charge in [0.05, 0.1) is 34.4 Å². The van der Waals surface area contributed by atoms with Crippen LogP contribution in [0.4, 0.5) is 17.3 Å². The Kier molecular flexibility index (Phi) is 15.7. The average molecular weight is 1080 g/mol. The van der Waals surface area contributed by atoms with Gasteiger partial charge in [-0.25, -0.2) is 24.3 Å².